The first-order valence-corrected chi connectivity index (χ1v) is 11.9. The van der Waals surface area contributed by atoms with Crippen molar-refractivity contribution in [1.82, 2.24) is 4.57 Å². The van der Waals surface area contributed by atoms with Gasteiger partial charge in [0, 0.05) is 40.4 Å². The molecule has 3 aromatic rings. The number of rotatable bonds is 5. The lowest BCUT2D eigenvalue weighted by atomic mass is 9.87. The number of carbonyl (C=O) groups is 2. The van der Waals surface area contributed by atoms with Crippen LogP contribution in [0.1, 0.15) is 46.8 Å². The van der Waals surface area contributed by atoms with Crippen molar-refractivity contribution in [3.8, 4) is 0 Å². The van der Waals surface area contributed by atoms with Gasteiger partial charge in [-0.3, -0.25) is 9.59 Å². The Labute approximate surface area is 183 Å². The highest BCUT2D eigenvalue weighted by Crippen LogP contribution is 2.42. The third-order valence-corrected chi connectivity index (χ3v) is 6.98. The summed E-state index contributed by atoms with van der Waals surface area (Å²) in [6, 6.07) is 8.26. The predicted octanol–water partition coefficient (Wildman–Crippen LogP) is 4.42. The molecule has 0 unspecified atom stereocenters. The summed E-state index contributed by atoms with van der Waals surface area (Å²) in [5.41, 5.74) is 1.12. The van der Waals surface area contributed by atoms with Crippen LogP contribution in [0.25, 0.3) is 10.9 Å². The number of halogens is 2. The van der Waals surface area contributed by atoms with Gasteiger partial charge < -0.3 is 9.67 Å². The van der Waals surface area contributed by atoms with Crippen molar-refractivity contribution in [1.29, 1.82) is 0 Å². The minimum Gasteiger partial charge on any atom is -0.481 e. The summed E-state index contributed by atoms with van der Waals surface area (Å²) < 4.78 is 41.2. The Morgan fingerprint density at radius 2 is 1.90 bits per heavy atom. The number of aromatic nitrogens is 1. The second-order valence-electron chi connectivity index (χ2n) is 7.76. The molecule has 1 atom stereocenters. The quantitative estimate of drug-likeness (QED) is 0.565. The van der Waals surface area contributed by atoms with Gasteiger partial charge in [-0.1, -0.05) is 11.6 Å². The predicted molar refractivity (Wildman–Crippen MR) is 114 cm³/mol. The van der Waals surface area contributed by atoms with Crippen LogP contribution in [0, 0.1) is 5.82 Å². The van der Waals surface area contributed by atoms with Gasteiger partial charge in [0.15, 0.2) is 15.6 Å². The van der Waals surface area contributed by atoms with Crippen LogP contribution in [-0.2, 0) is 21.2 Å². The van der Waals surface area contributed by atoms with E-state index in [0.29, 0.717) is 30.1 Å². The molecular formula is C22H19ClFNO5S. The SMILES string of the molecule is CS(=O)(=O)c1cc(F)cc2c1c(C(=O)c1ccc(Cl)cc1)c1n2CCC[C@H]1CC(=O)O. The average molecular weight is 464 g/mol. The number of carboxylic acid groups (broad SMARTS) is 1. The molecule has 1 aliphatic rings. The third-order valence-electron chi connectivity index (χ3n) is 5.61. The second-order valence-corrected chi connectivity index (χ2v) is 10.2. The molecule has 1 aromatic heterocycles. The van der Waals surface area contributed by atoms with E-state index in [-0.39, 0.29) is 33.3 Å². The normalized spacial score (nSPS) is 16.3. The molecule has 0 spiro atoms. The maximum absolute atomic E-state index is 14.4. The van der Waals surface area contributed by atoms with Crippen LogP contribution in [0.4, 0.5) is 4.39 Å². The van der Waals surface area contributed by atoms with E-state index in [0.717, 1.165) is 12.3 Å². The van der Waals surface area contributed by atoms with E-state index in [9.17, 15) is 27.5 Å². The number of aliphatic carboxylic acids is 1. The van der Waals surface area contributed by atoms with Crippen LogP contribution in [-0.4, -0.2) is 36.1 Å². The maximum Gasteiger partial charge on any atom is 0.304 e. The van der Waals surface area contributed by atoms with Gasteiger partial charge in [-0.25, -0.2) is 12.8 Å². The second kappa shape index (κ2) is 7.76. The van der Waals surface area contributed by atoms with E-state index in [4.69, 9.17) is 11.6 Å². The number of sulfone groups is 1. The first-order chi connectivity index (χ1) is 14.6. The molecule has 0 saturated carbocycles. The number of carboxylic acids is 1. The lowest BCUT2D eigenvalue weighted by Gasteiger charge is -2.25. The van der Waals surface area contributed by atoms with Crippen LogP contribution in [0.3, 0.4) is 0 Å². The highest BCUT2D eigenvalue weighted by Gasteiger charge is 2.34. The zero-order valence-corrected chi connectivity index (χ0v) is 18.1. The van der Waals surface area contributed by atoms with E-state index in [2.05, 4.69) is 0 Å². The first kappa shape index (κ1) is 21.5. The molecule has 162 valence electrons. The minimum atomic E-state index is -3.88. The fraction of sp³-hybridized carbons (Fsp3) is 0.273. The van der Waals surface area contributed by atoms with E-state index in [1.165, 1.54) is 18.2 Å². The Balaban J connectivity index is 2.12. The molecule has 0 aliphatic carbocycles. The lowest BCUT2D eigenvalue weighted by Crippen LogP contribution is -2.20. The fourth-order valence-corrected chi connectivity index (χ4v) is 5.43. The molecule has 1 aliphatic heterocycles. The van der Waals surface area contributed by atoms with E-state index in [1.807, 2.05) is 0 Å². The molecule has 1 N–H and O–H groups in total. The van der Waals surface area contributed by atoms with E-state index in [1.54, 1.807) is 16.7 Å². The molecule has 2 heterocycles. The Bertz CT molecular complexity index is 1330. The minimum absolute atomic E-state index is 0.115. The molecule has 0 saturated heterocycles. The standard InChI is InChI=1S/C22H19ClFNO5S/c1-31(29,30)17-11-15(24)10-16-19(17)20(22(28)12-4-6-14(23)7-5-12)21-13(9-18(26)27)3-2-8-25(16)21/h4-7,10-11,13H,2-3,8-9H2,1H3,(H,26,27)/t13-/m0/s1. The molecule has 0 fully saturated rings. The molecular weight excluding hydrogens is 445 g/mol. The van der Waals surface area contributed by atoms with Gasteiger partial charge >= 0.3 is 5.97 Å². The van der Waals surface area contributed by atoms with Gasteiger partial charge in [-0.2, -0.15) is 0 Å². The van der Waals surface area contributed by atoms with Crippen molar-refractivity contribution < 1.29 is 27.5 Å². The lowest BCUT2D eigenvalue weighted by molar-refractivity contribution is -0.137. The molecule has 4 rings (SSSR count). The monoisotopic (exact) mass is 463 g/mol. The van der Waals surface area contributed by atoms with Gasteiger partial charge in [0.05, 0.1) is 22.4 Å². The van der Waals surface area contributed by atoms with Crippen molar-refractivity contribution >= 4 is 44.1 Å². The van der Waals surface area contributed by atoms with Crippen molar-refractivity contribution in [3.63, 3.8) is 0 Å². The molecule has 0 bridgehead atoms. The van der Waals surface area contributed by atoms with Gasteiger partial charge in [0.2, 0.25) is 0 Å². The first-order valence-electron chi connectivity index (χ1n) is 9.65. The number of nitrogens with zero attached hydrogens (tertiary/aromatic N) is 1. The summed E-state index contributed by atoms with van der Waals surface area (Å²) in [6.07, 6.45) is 1.91. The van der Waals surface area contributed by atoms with Crippen LogP contribution < -0.4 is 0 Å². The summed E-state index contributed by atoms with van der Waals surface area (Å²) >= 11 is 5.93. The van der Waals surface area contributed by atoms with Crippen LogP contribution >= 0.6 is 11.6 Å². The van der Waals surface area contributed by atoms with E-state index < -0.39 is 33.3 Å². The van der Waals surface area contributed by atoms with Crippen molar-refractivity contribution in [2.45, 2.75) is 36.6 Å². The van der Waals surface area contributed by atoms with Gasteiger partial charge in [0.1, 0.15) is 5.82 Å². The third kappa shape index (κ3) is 3.85. The summed E-state index contributed by atoms with van der Waals surface area (Å²) in [6.45, 7) is 0.433. The number of carbonyl (C=O) groups excluding carboxylic acids is 1. The molecule has 6 nitrogen and oxygen atoms in total. The summed E-state index contributed by atoms with van der Waals surface area (Å²) in [5.74, 6) is -2.72. The number of hydrogen-bond donors (Lipinski definition) is 1. The molecule has 31 heavy (non-hydrogen) atoms. The largest absolute Gasteiger partial charge is 0.481 e. The molecule has 2 aromatic carbocycles. The van der Waals surface area contributed by atoms with Crippen molar-refractivity contribution in [2.24, 2.45) is 0 Å². The fourth-order valence-electron chi connectivity index (χ4n) is 4.40. The molecule has 9 heteroatoms. The zero-order valence-electron chi connectivity index (χ0n) is 16.6. The molecule has 0 amide bonds. The average Bonchev–Trinajstić information content (AvgIpc) is 3.01. The number of aryl methyl sites for hydroxylation is 1. The van der Waals surface area contributed by atoms with Gasteiger partial charge in [-0.05, 0) is 49.2 Å². The Morgan fingerprint density at radius 3 is 2.52 bits per heavy atom. The van der Waals surface area contributed by atoms with Crippen molar-refractivity contribution in [3.05, 3.63) is 64.1 Å². The van der Waals surface area contributed by atoms with Crippen LogP contribution in [0.2, 0.25) is 5.02 Å². The van der Waals surface area contributed by atoms with Gasteiger partial charge in [-0.15, -0.1) is 0 Å². The molecule has 0 radical (unpaired) electrons. The van der Waals surface area contributed by atoms with E-state index >= 15 is 0 Å². The smallest absolute Gasteiger partial charge is 0.304 e. The number of fused-ring (bicyclic) bond motifs is 3. The Morgan fingerprint density at radius 1 is 1.23 bits per heavy atom. The summed E-state index contributed by atoms with van der Waals surface area (Å²) in [5, 5.41) is 9.98. The number of ketones is 1. The highest BCUT2D eigenvalue weighted by molar-refractivity contribution is 7.91. The van der Waals surface area contributed by atoms with Gasteiger partial charge in [0.25, 0.3) is 0 Å². The summed E-state index contributed by atoms with van der Waals surface area (Å²) in [4.78, 5) is 24.8. The Kier molecular flexibility index (Phi) is 5.39. The van der Waals surface area contributed by atoms with Crippen LogP contribution in [0.15, 0.2) is 41.3 Å². The highest BCUT2D eigenvalue weighted by atomic mass is 35.5. The van der Waals surface area contributed by atoms with Crippen molar-refractivity contribution in [2.75, 3.05) is 6.26 Å². The maximum atomic E-state index is 14.4. The summed E-state index contributed by atoms with van der Waals surface area (Å²) in [7, 11) is -3.88. The number of hydrogen-bond acceptors (Lipinski definition) is 4. The number of benzene rings is 2. The zero-order chi connectivity index (χ0) is 22.5. The van der Waals surface area contributed by atoms with Crippen LogP contribution in [0.5, 0.6) is 0 Å². The topological polar surface area (TPSA) is 93.4 Å². The Hall–Kier alpha value is -2.71.